The average Bonchev–Trinajstić information content (AvgIpc) is 3.17. The van der Waals surface area contributed by atoms with E-state index in [1.807, 2.05) is 32.0 Å². The Hall–Kier alpha value is -3.88. The predicted molar refractivity (Wildman–Crippen MR) is 123 cm³/mol. The summed E-state index contributed by atoms with van der Waals surface area (Å²) in [6, 6.07) is 9.77. The number of aromatic nitrogens is 3. The molecule has 0 saturated heterocycles. The fourth-order valence-corrected chi connectivity index (χ4v) is 3.64. The third kappa shape index (κ3) is 4.82. The van der Waals surface area contributed by atoms with Crippen molar-refractivity contribution in [1.82, 2.24) is 19.9 Å². The number of hydrogen-bond donors (Lipinski definition) is 2. The van der Waals surface area contributed by atoms with E-state index in [9.17, 15) is 14.0 Å². The lowest BCUT2D eigenvalue weighted by molar-refractivity contribution is -0.121. The SMILES string of the molecule is CCOc1ccc(CNC(=O)CCn2cnc3c([nH]c4ccc(F)cc43)c2=O)cc1OCC. The van der Waals surface area contributed by atoms with E-state index in [0.717, 1.165) is 5.56 Å². The van der Waals surface area contributed by atoms with E-state index in [-0.39, 0.29) is 29.9 Å². The number of rotatable bonds is 9. The van der Waals surface area contributed by atoms with E-state index in [1.54, 1.807) is 6.07 Å². The van der Waals surface area contributed by atoms with Gasteiger partial charge in [0.15, 0.2) is 11.5 Å². The van der Waals surface area contributed by atoms with Gasteiger partial charge in [0.05, 0.1) is 19.5 Å². The monoisotopic (exact) mass is 452 g/mol. The molecule has 33 heavy (non-hydrogen) atoms. The largest absolute Gasteiger partial charge is 0.490 e. The molecule has 1 amide bonds. The minimum absolute atomic E-state index is 0.108. The van der Waals surface area contributed by atoms with E-state index in [0.29, 0.717) is 47.7 Å². The van der Waals surface area contributed by atoms with E-state index in [2.05, 4.69) is 15.3 Å². The number of carbonyl (C=O) groups excluding carboxylic acids is 1. The number of nitrogens with one attached hydrogen (secondary N) is 2. The Kier molecular flexibility index (Phi) is 6.58. The van der Waals surface area contributed by atoms with Crippen LogP contribution in [0.1, 0.15) is 25.8 Å². The van der Waals surface area contributed by atoms with E-state index in [1.165, 1.54) is 23.0 Å². The number of benzene rings is 2. The normalized spacial score (nSPS) is 11.1. The van der Waals surface area contributed by atoms with Crippen LogP contribution in [0.25, 0.3) is 21.9 Å². The molecule has 0 aliphatic rings. The second-order valence-electron chi connectivity index (χ2n) is 7.46. The molecular weight excluding hydrogens is 427 g/mol. The molecule has 0 aliphatic heterocycles. The van der Waals surface area contributed by atoms with E-state index < -0.39 is 5.82 Å². The summed E-state index contributed by atoms with van der Waals surface area (Å²) in [5.74, 6) is 0.700. The first-order valence-electron chi connectivity index (χ1n) is 10.8. The third-order valence-corrected chi connectivity index (χ3v) is 5.21. The van der Waals surface area contributed by atoms with Gasteiger partial charge in [0.1, 0.15) is 16.9 Å². The molecule has 4 aromatic rings. The quantitative estimate of drug-likeness (QED) is 0.405. The molecule has 0 unspecified atom stereocenters. The van der Waals surface area contributed by atoms with E-state index in [4.69, 9.17) is 9.47 Å². The third-order valence-electron chi connectivity index (χ3n) is 5.21. The Balaban J connectivity index is 1.41. The summed E-state index contributed by atoms with van der Waals surface area (Å²) in [4.78, 5) is 32.5. The number of aryl methyl sites for hydroxylation is 1. The maximum Gasteiger partial charge on any atom is 0.277 e. The molecule has 8 nitrogen and oxygen atoms in total. The van der Waals surface area contributed by atoms with Crippen LogP contribution in [0.5, 0.6) is 11.5 Å². The minimum atomic E-state index is -0.396. The number of carbonyl (C=O) groups is 1. The Morgan fingerprint density at radius 2 is 1.91 bits per heavy atom. The second kappa shape index (κ2) is 9.72. The molecule has 0 atom stereocenters. The molecule has 2 aromatic carbocycles. The van der Waals surface area contributed by atoms with Crippen molar-refractivity contribution < 1.29 is 18.7 Å². The zero-order valence-electron chi connectivity index (χ0n) is 18.5. The van der Waals surface area contributed by atoms with Crippen molar-refractivity contribution >= 4 is 27.8 Å². The summed E-state index contributed by atoms with van der Waals surface area (Å²) >= 11 is 0. The number of hydrogen-bond acceptors (Lipinski definition) is 5. The smallest absolute Gasteiger partial charge is 0.277 e. The Labute approximate surface area is 189 Å². The van der Waals surface area contributed by atoms with Crippen molar-refractivity contribution in [1.29, 1.82) is 0 Å². The van der Waals surface area contributed by atoms with Crippen LogP contribution in [0.15, 0.2) is 47.5 Å². The van der Waals surface area contributed by atoms with Gasteiger partial charge >= 0.3 is 0 Å². The highest BCUT2D eigenvalue weighted by atomic mass is 19.1. The molecule has 0 fully saturated rings. The van der Waals surface area contributed by atoms with Crippen LogP contribution in [-0.2, 0) is 17.9 Å². The predicted octanol–water partition coefficient (Wildman–Crippen LogP) is 3.52. The van der Waals surface area contributed by atoms with Gasteiger partial charge in [-0.2, -0.15) is 0 Å². The van der Waals surface area contributed by atoms with Gasteiger partial charge in [0, 0.05) is 30.4 Å². The van der Waals surface area contributed by atoms with Crippen molar-refractivity contribution in [3.8, 4) is 11.5 Å². The first-order chi connectivity index (χ1) is 16.0. The highest BCUT2D eigenvalue weighted by molar-refractivity contribution is 6.04. The molecule has 172 valence electrons. The van der Waals surface area contributed by atoms with Gasteiger partial charge < -0.3 is 19.8 Å². The molecule has 2 heterocycles. The Bertz CT molecular complexity index is 1360. The van der Waals surface area contributed by atoms with Gasteiger partial charge in [-0.25, -0.2) is 9.37 Å². The summed E-state index contributed by atoms with van der Waals surface area (Å²) in [7, 11) is 0. The fraction of sp³-hybridized carbons (Fsp3) is 0.292. The van der Waals surface area contributed by atoms with Crippen molar-refractivity contribution in [3.63, 3.8) is 0 Å². The van der Waals surface area contributed by atoms with Gasteiger partial charge in [-0.05, 0) is 49.7 Å². The van der Waals surface area contributed by atoms with Gasteiger partial charge in [-0.3, -0.25) is 14.2 Å². The molecule has 2 aromatic heterocycles. The Morgan fingerprint density at radius 1 is 1.12 bits per heavy atom. The number of fused-ring (bicyclic) bond motifs is 3. The molecule has 0 spiro atoms. The molecule has 0 aliphatic carbocycles. The van der Waals surface area contributed by atoms with E-state index >= 15 is 0 Å². The highest BCUT2D eigenvalue weighted by Crippen LogP contribution is 2.28. The topological polar surface area (TPSA) is 98.2 Å². The maximum atomic E-state index is 13.6. The zero-order chi connectivity index (χ0) is 23.4. The van der Waals surface area contributed by atoms with Gasteiger partial charge in [0.25, 0.3) is 5.56 Å². The van der Waals surface area contributed by atoms with Crippen molar-refractivity contribution in [2.75, 3.05) is 13.2 Å². The number of amides is 1. The maximum absolute atomic E-state index is 13.6. The van der Waals surface area contributed by atoms with Gasteiger partial charge in [-0.15, -0.1) is 0 Å². The van der Waals surface area contributed by atoms with Gasteiger partial charge in [-0.1, -0.05) is 6.07 Å². The van der Waals surface area contributed by atoms with Crippen LogP contribution >= 0.6 is 0 Å². The van der Waals surface area contributed by atoms with Gasteiger partial charge in [0.2, 0.25) is 5.91 Å². The fourth-order valence-electron chi connectivity index (χ4n) is 3.64. The lowest BCUT2D eigenvalue weighted by Gasteiger charge is -2.13. The lowest BCUT2D eigenvalue weighted by atomic mass is 10.2. The number of H-pyrrole nitrogens is 1. The lowest BCUT2D eigenvalue weighted by Crippen LogP contribution is -2.27. The molecule has 0 bridgehead atoms. The first kappa shape index (κ1) is 22.3. The van der Waals surface area contributed by atoms with Crippen LogP contribution in [0.3, 0.4) is 0 Å². The molecule has 0 radical (unpaired) electrons. The van der Waals surface area contributed by atoms with Crippen LogP contribution in [0.2, 0.25) is 0 Å². The first-order valence-corrected chi connectivity index (χ1v) is 10.8. The number of halogens is 1. The number of nitrogens with zero attached hydrogens (tertiary/aromatic N) is 2. The van der Waals surface area contributed by atoms with Crippen LogP contribution in [0, 0.1) is 5.82 Å². The standard InChI is InChI=1S/C24H25FN4O4/c1-3-32-19-8-5-15(11-20(19)33-4-2)13-26-21(30)9-10-29-14-27-22-17-12-16(25)6-7-18(17)28-23(22)24(29)31/h5-8,11-12,14,28H,3-4,9-10,13H2,1-2H3,(H,26,30). The number of ether oxygens (including phenoxy) is 2. The van der Waals surface area contributed by atoms with Crippen LogP contribution in [0.4, 0.5) is 4.39 Å². The summed E-state index contributed by atoms with van der Waals surface area (Å²) in [5.41, 5.74) is 1.90. The summed E-state index contributed by atoms with van der Waals surface area (Å²) < 4.78 is 26.1. The summed E-state index contributed by atoms with van der Waals surface area (Å²) in [6.45, 7) is 5.34. The summed E-state index contributed by atoms with van der Waals surface area (Å²) in [5, 5.41) is 3.40. The average molecular weight is 452 g/mol. The van der Waals surface area contributed by atoms with Crippen molar-refractivity contribution in [2.24, 2.45) is 0 Å². The molecule has 4 rings (SSSR count). The van der Waals surface area contributed by atoms with Crippen LogP contribution in [-0.4, -0.2) is 33.7 Å². The summed E-state index contributed by atoms with van der Waals surface area (Å²) in [6.07, 6.45) is 1.49. The highest BCUT2D eigenvalue weighted by Gasteiger charge is 2.13. The molecule has 9 heteroatoms. The molecular formula is C24H25FN4O4. The minimum Gasteiger partial charge on any atom is -0.490 e. The zero-order valence-corrected chi connectivity index (χ0v) is 18.5. The van der Waals surface area contributed by atoms with Crippen molar-refractivity contribution in [3.05, 3.63) is 64.5 Å². The second-order valence-corrected chi connectivity index (χ2v) is 7.46. The van der Waals surface area contributed by atoms with Crippen molar-refractivity contribution in [2.45, 2.75) is 33.4 Å². The van der Waals surface area contributed by atoms with Crippen LogP contribution < -0.4 is 20.3 Å². The Morgan fingerprint density at radius 3 is 2.70 bits per heavy atom. The number of aromatic amines is 1. The molecule has 0 saturated carbocycles. The molecule has 2 N–H and O–H groups in total.